The maximum atomic E-state index is 5.42. The molecule has 0 spiro atoms. The van der Waals surface area contributed by atoms with Crippen molar-refractivity contribution >= 4 is 11.8 Å². The van der Waals surface area contributed by atoms with Gasteiger partial charge in [0, 0.05) is 10.9 Å². The van der Waals surface area contributed by atoms with E-state index in [1.54, 1.807) is 7.11 Å². The van der Waals surface area contributed by atoms with E-state index in [1.165, 1.54) is 18.6 Å². The molecule has 2 atom stereocenters. The Labute approximate surface area is 107 Å². The Morgan fingerprint density at radius 3 is 3.00 bits per heavy atom. The number of aromatic nitrogens is 1. The summed E-state index contributed by atoms with van der Waals surface area (Å²) >= 11 is 2.03. The van der Waals surface area contributed by atoms with E-state index in [-0.39, 0.29) is 10.8 Å². The van der Waals surface area contributed by atoms with E-state index in [1.807, 2.05) is 37.1 Å². The molecule has 0 bridgehead atoms. The van der Waals surface area contributed by atoms with Gasteiger partial charge in [-0.3, -0.25) is 4.98 Å². The van der Waals surface area contributed by atoms with Gasteiger partial charge in [-0.15, -0.1) is 0 Å². The van der Waals surface area contributed by atoms with Crippen molar-refractivity contribution in [2.45, 2.75) is 30.6 Å². The van der Waals surface area contributed by atoms with Gasteiger partial charge in [-0.1, -0.05) is 0 Å². The second-order valence-corrected chi connectivity index (χ2v) is 6.21. The van der Waals surface area contributed by atoms with Crippen LogP contribution in [0.25, 0.3) is 0 Å². The molecule has 1 aromatic heterocycles. The molecule has 0 radical (unpaired) electrons. The zero-order valence-corrected chi connectivity index (χ0v) is 11.5. The molecule has 3 nitrogen and oxygen atoms in total. The predicted octanol–water partition coefficient (Wildman–Crippen LogP) is 2.64. The van der Waals surface area contributed by atoms with E-state index in [0.29, 0.717) is 0 Å². The van der Waals surface area contributed by atoms with Crippen LogP contribution in [0.4, 0.5) is 0 Å². The number of hydrogen-bond acceptors (Lipinski definition) is 4. The molecule has 0 saturated carbocycles. The van der Waals surface area contributed by atoms with Gasteiger partial charge < -0.3 is 10.1 Å². The Hall–Kier alpha value is -0.740. The average Bonchev–Trinajstić information content (AvgIpc) is 2.78. The quantitative estimate of drug-likeness (QED) is 0.893. The molecule has 2 heterocycles. The smallest absolute Gasteiger partial charge is 0.142 e. The summed E-state index contributed by atoms with van der Waals surface area (Å²) in [6.45, 7) is 2.32. The van der Waals surface area contributed by atoms with Crippen molar-refractivity contribution < 1.29 is 4.74 Å². The number of thioether (sulfide) groups is 1. The molecule has 1 aliphatic rings. The van der Waals surface area contributed by atoms with Crippen molar-refractivity contribution in [1.29, 1.82) is 0 Å². The van der Waals surface area contributed by atoms with Crippen molar-refractivity contribution in [3.8, 4) is 5.75 Å². The second-order valence-electron chi connectivity index (χ2n) is 4.58. The topological polar surface area (TPSA) is 34.2 Å². The van der Waals surface area contributed by atoms with Crippen molar-refractivity contribution in [2.24, 2.45) is 0 Å². The van der Waals surface area contributed by atoms with Gasteiger partial charge in [0.05, 0.1) is 13.2 Å². The zero-order chi connectivity index (χ0) is 12.3. The summed E-state index contributed by atoms with van der Waals surface area (Å²) in [6, 6.07) is 4.14. The highest BCUT2D eigenvalue weighted by molar-refractivity contribution is 8.00. The molecule has 0 aliphatic carbocycles. The molecule has 2 rings (SSSR count). The average molecular weight is 252 g/mol. The lowest BCUT2D eigenvalue weighted by Crippen LogP contribution is -2.36. The van der Waals surface area contributed by atoms with Crippen LogP contribution in [0.5, 0.6) is 5.75 Å². The molecule has 1 N–H and O–H groups in total. The number of methoxy groups -OCH3 is 1. The first-order valence-corrected chi connectivity index (χ1v) is 7.00. The SMILES string of the molecule is CNC(c1ncccc1OC)C1(C)CCCS1. The second kappa shape index (κ2) is 5.27. The molecular formula is C13H20N2OS. The minimum Gasteiger partial charge on any atom is -0.495 e. The lowest BCUT2D eigenvalue weighted by Gasteiger charge is -2.33. The Morgan fingerprint density at radius 1 is 1.59 bits per heavy atom. The highest BCUT2D eigenvalue weighted by Crippen LogP contribution is 2.47. The lowest BCUT2D eigenvalue weighted by atomic mass is 9.93. The van der Waals surface area contributed by atoms with E-state index in [9.17, 15) is 0 Å². The van der Waals surface area contributed by atoms with Gasteiger partial charge in [-0.2, -0.15) is 11.8 Å². The molecule has 1 aromatic rings. The van der Waals surface area contributed by atoms with Gasteiger partial charge >= 0.3 is 0 Å². The zero-order valence-electron chi connectivity index (χ0n) is 10.7. The third-order valence-electron chi connectivity index (χ3n) is 3.44. The molecule has 17 heavy (non-hydrogen) atoms. The maximum Gasteiger partial charge on any atom is 0.142 e. The standard InChI is InChI=1S/C13H20N2OS/c1-13(7-5-9-17-13)12(14-2)11-10(16-3)6-4-8-15-11/h4,6,8,12,14H,5,7,9H2,1-3H3. The van der Waals surface area contributed by atoms with Crippen LogP contribution in [-0.2, 0) is 0 Å². The van der Waals surface area contributed by atoms with Crippen molar-refractivity contribution in [2.75, 3.05) is 19.9 Å². The van der Waals surface area contributed by atoms with Crippen LogP contribution < -0.4 is 10.1 Å². The van der Waals surface area contributed by atoms with Crippen LogP contribution in [-0.4, -0.2) is 29.6 Å². The first kappa shape index (κ1) is 12.7. The minimum atomic E-state index is 0.219. The summed E-state index contributed by atoms with van der Waals surface area (Å²) in [7, 11) is 3.71. The van der Waals surface area contributed by atoms with Gasteiger partial charge in [0.2, 0.25) is 0 Å². The van der Waals surface area contributed by atoms with E-state index in [4.69, 9.17) is 4.74 Å². The van der Waals surface area contributed by atoms with Crippen molar-refractivity contribution in [3.63, 3.8) is 0 Å². The van der Waals surface area contributed by atoms with E-state index in [0.717, 1.165) is 11.4 Å². The summed E-state index contributed by atoms with van der Waals surface area (Å²) in [5.74, 6) is 2.12. The summed E-state index contributed by atoms with van der Waals surface area (Å²) in [6.07, 6.45) is 4.35. The Balaban J connectivity index is 2.34. The van der Waals surface area contributed by atoms with Crippen LogP contribution in [0.3, 0.4) is 0 Å². The van der Waals surface area contributed by atoms with Crippen LogP contribution in [0.1, 0.15) is 31.5 Å². The van der Waals surface area contributed by atoms with Crippen LogP contribution in [0.15, 0.2) is 18.3 Å². The van der Waals surface area contributed by atoms with Crippen LogP contribution >= 0.6 is 11.8 Å². The molecule has 0 aromatic carbocycles. The summed E-state index contributed by atoms with van der Waals surface area (Å²) in [5.41, 5.74) is 1.02. The molecule has 2 unspecified atom stereocenters. The van der Waals surface area contributed by atoms with Gasteiger partial charge in [0.1, 0.15) is 11.4 Å². The first-order chi connectivity index (χ1) is 8.21. The number of nitrogens with one attached hydrogen (secondary N) is 1. The molecule has 1 aliphatic heterocycles. The van der Waals surface area contributed by atoms with Gasteiger partial charge in [0.25, 0.3) is 0 Å². The highest BCUT2D eigenvalue weighted by Gasteiger charge is 2.39. The number of ether oxygens (including phenoxy) is 1. The maximum absolute atomic E-state index is 5.42. The third-order valence-corrected chi connectivity index (χ3v) is 5.03. The Kier molecular flexibility index (Phi) is 3.94. The number of nitrogens with zero attached hydrogens (tertiary/aromatic N) is 1. The fourth-order valence-electron chi connectivity index (χ4n) is 2.55. The van der Waals surface area contributed by atoms with Crippen molar-refractivity contribution in [1.82, 2.24) is 10.3 Å². The molecule has 1 fully saturated rings. The van der Waals surface area contributed by atoms with Crippen LogP contribution in [0, 0.1) is 0 Å². The van der Waals surface area contributed by atoms with Gasteiger partial charge in [-0.05, 0) is 44.7 Å². The van der Waals surface area contributed by atoms with E-state index in [2.05, 4.69) is 17.2 Å². The normalized spacial score (nSPS) is 25.8. The highest BCUT2D eigenvalue weighted by atomic mass is 32.2. The number of hydrogen-bond donors (Lipinski definition) is 1. The van der Waals surface area contributed by atoms with Crippen molar-refractivity contribution in [3.05, 3.63) is 24.0 Å². The number of rotatable bonds is 4. The first-order valence-electron chi connectivity index (χ1n) is 6.01. The predicted molar refractivity (Wildman–Crippen MR) is 72.7 cm³/mol. The third kappa shape index (κ3) is 2.43. The molecule has 4 heteroatoms. The Bertz CT molecular complexity index is 377. The molecule has 0 amide bonds. The fourth-order valence-corrected chi connectivity index (χ4v) is 3.99. The minimum absolute atomic E-state index is 0.219. The van der Waals surface area contributed by atoms with Crippen LogP contribution in [0.2, 0.25) is 0 Å². The summed E-state index contributed by atoms with van der Waals surface area (Å²) in [5, 5.41) is 3.41. The molecule has 1 saturated heterocycles. The fraction of sp³-hybridized carbons (Fsp3) is 0.615. The number of pyridine rings is 1. The molecule has 94 valence electrons. The largest absolute Gasteiger partial charge is 0.495 e. The lowest BCUT2D eigenvalue weighted by molar-refractivity contribution is 0.375. The summed E-state index contributed by atoms with van der Waals surface area (Å²) < 4.78 is 5.64. The van der Waals surface area contributed by atoms with Gasteiger partial charge in [0.15, 0.2) is 0 Å². The van der Waals surface area contributed by atoms with E-state index >= 15 is 0 Å². The summed E-state index contributed by atoms with van der Waals surface area (Å²) in [4.78, 5) is 4.51. The van der Waals surface area contributed by atoms with E-state index < -0.39 is 0 Å². The Morgan fingerprint density at radius 2 is 2.41 bits per heavy atom. The molecular weight excluding hydrogens is 232 g/mol. The monoisotopic (exact) mass is 252 g/mol. The van der Waals surface area contributed by atoms with Gasteiger partial charge in [-0.25, -0.2) is 0 Å².